The first kappa shape index (κ1) is 7.83. The van der Waals surface area contributed by atoms with Crippen LogP contribution in [0.25, 0.3) is 21.7 Å². The van der Waals surface area contributed by atoms with E-state index in [4.69, 9.17) is 11.6 Å². The number of para-hydroxylation sites is 1. The van der Waals surface area contributed by atoms with Crippen molar-refractivity contribution >= 4 is 33.3 Å². The van der Waals surface area contributed by atoms with Crippen LogP contribution in [-0.4, -0.2) is 9.97 Å². The Labute approximate surface area is 85.5 Å². The van der Waals surface area contributed by atoms with E-state index in [0.29, 0.717) is 5.15 Å². The van der Waals surface area contributed by atoms with Crippen molar-refractivity contribution in [2.45, 2.75) is 0 Å². The van der Waals surface area contributed by atoms with Gasteiger partial charge in [0.15, 0.2) is 0 Å². The van der Waals surface area contributed by atoms with Crippen LogP contribution in [0.2, 0.25) is 5.15 Å². The molecule has 0 unspecified atom stereocenters. The standard InChI is InChI=1S/C11H7ClN2/c12-11-9-6-13-5-8(9)7-3-1-2-4-10(7)14-11/h1-6,13H. The van der Waals surface area contributed by atoms with Crippen molar-refractivity contribution in [3.05, 3.63) is 41.8 Å². The maximum atomic E-state index is 6.05. The van der Waals surface area contributed by atoms with Crippen molar-refractivity contribution in [3.63, 3.8) is 0 Å². The van der Waals surface area contributed by atoms with Gasteiger partial charge in [-0.15, -0.1) is 0 Å². The zero-order chi connectivity index (χ0) is 9.54. The second kappa shape index (κ2) is 2.72. The smallest absolute Gasteiger partial charge is 0.139 e. The van der Waals surface area contributed by atoms with Gasteiger partial charge in [-0.05, 0) is 6.07 Å². The zero-order valence-corrected chi connectivity index (χ0v) is 8.05. The van der Waals surface area contributed by atoms with Gasteiger partial charge in [-0.2, -0.15) is 0 Å². The van der Waals surface area contributed by atoms with Crippen molar-refractivity contribution in [3.8, 4) is 0 Å². The van der Waals surface area contributed by atoms with Crippen molar-refractivity contribution in [2.75, 3.05) is 0 Å². The average molecular weight is 203 g/mol. The van der Waals surface area contributed by atoms with Gasteiger partial charge < -0.3 is 4.98 Å². The molecule has 0 saturated carbocycles. The molecule has 2 nitrogen and oxygen atoms in total. The summed E-state index contributed by atoms with van der Waals surface area (Å²) in [6.07, 6.45) is 3.82. The van der Waals surface area contributed by atoms with Crippen molar-refractivity contribution < 1.29 is 0 Å². The Morgan fingerprint density at radius 1 is 1.00 bits per heavy atom. The summed E-state index contributed by atoms with van der Waals surface area (Å²) in [5.41, 5.74) is 0.935. The van der Waals surface area contributed by atoms with Gasteiger partial charge in [0, 0.05) is 28.6 Å². The molecule has 0 saturated heterocycles. The van der Waals surface area contributed by atoms with Gasteiger partial charge in [0.05, 0.1) is 5.52 Å². The van der Waals surface area contributed by atoms with Gasteiger partial charge in [-0.1, -0.05) is 29.8 Å². The summed E-state index contributed by atoms with van der Waals surface area (Å²) in [5.74, 6) is 0. The highest BCUT2D eigenvalue weighted by Gasteiger charge is 2.05. The Bertz CT molecular complexity index is 613. The molecule has 3 aromatic rings. The summed E-state index contributed by atoms with van der Waals surface area (Å²) < 4.78 is 0. The van der Waals surface area contributed by atoms with Crippen LogP contribution in [0, 0.1) is 0 Å². The van der Waals surface area contributed by atoms with Crippen LogP contribution in [0.3, 0.4) is 0 Å². The van der Waals surface area contributed by atoms with E-state index in [1.807, 2.05) is 30.6 Å². The van der Waals surface area contributed by atoms with E-state index < -0.39 is 0 Å². The quantitative estimate of drug-likeness (QED) is 0.557. The van der Waals surface area contributed by atoms with Crippen LogP contribution in [0.1, 0.15) is 0 Å². The molecule has 0 bridgehead atoms. The van der Waals surface area contributed by atoms with E-state index in [2.05, 4.69) is 16.0 Å². The summed E-state index contributed by atoms with van der Waals surface area (Å²) in [7, 11) is 0. The van der Waals surface area contributed by atoms with Gasteiger partial charge >= 0.3 is 0 Å². The molecule has 1 N–H and O–H groups in total. The van der Waals surface area contributed by atoms with Crippen molar-refractivity contribution in [1.82, 2.24) is 9.97 Å². The lowest BCUT2D eigenvalue weighted by Gasteiger charge is -1.99. The van der Waals surface area contributed by atoms with Gasteiger partial charge in [0.25, 0.3) is 0 Å². The highest BCUT2D eigenvalue weighted by Crippen LogP contribution is 2.28. The molecular weight excluding hydrogens is 196 g/mol. The molecule has 0 fully saturated rings. The molecule has 0 radical (unpaired) electrons. The lowest BCUT2D eigenvalue weighted by atomic mass is 10.1. The van der Waals surface area contributed by atoms with Crippen LogP contribution in [-0.2, 0) is 0 Å². The van der Waals surface area contributed by atoms with Crippen LogP contribution >= 0.6 is 11.6 Å². The minimum absolute atomic E-state index is 0.556. The highest BCUT2D eigenvalue weighted by molar-refractivity contribution is 6.35. The van der Waals surface area contributed by atoms with E-state index in [1.54, 1.807) is 0 Å². The predicted molar refractivity (Wildman–Crippen MR) is 58.6 cm³/mol. The maximum Gasteiger partial charge on any atom is 0.139 e. The number of aromatic amines is 1. The largest absolute Gasteiger partial charge is 0.366 e. The number of benzene rings is 1. The Morgan fingerprint density at radius 2 is 1.79 bits per heavy atom. The topological polar surface area (TPSA) is 28.7 Å². The number of H-pyrrole nitrogens is 1. The number of aromatic nitrogens is 2. The van der Waals surface area contributed by atoms with E-state index in [9.17, 15) is 0 Å². The monoisotopic (exact) mass is 202 g/mol. The molecule has 0 aliphatic rings. The third kappa shape index (κ3) is 0.946. The Kier molecular flexibility index (Phi) is 1.52. The SMILES string of the molecule is Clc1nc2ccccc2c2c[nH]cc12. The first-order valence-electron chi connectivity index (χ1n) is 4.37. The van der Waals surface area contributed by atoms with Crippen LogP contribution in [0.5, 0.6) is 0 Å². The summed E-state index contributed by atoms with van der Waals surface area (Å²) in [6, 6.07) is 7.98. The molecule has 3 heteroatoms. The summed E-state index contributed by atoms with van der Waals surface area (Å²) >= 11 is 6.05. The summed E-state index contributed by atoms with van der Waals surface area (Å²) in [5, 5.41) is 3.79. The van der Waals surface area contributed by atoms with Gasteiger partial charge in [0.1, 0.15) is 5.15 Å². The third-order valence-electron chi connectivity index (χ3n) is 2.38. The Balaban J connectivity index is 2.66. The molecule has 14 heavy (non-hydrogen) atoms. The molecule has 3 rings (SSSR count). The first-order chi connectivity index (χ1) is 6.86. The Morgan fingerprint density at radius 3 is 2.71 bits per heavy atom. The van der Waals surface area contributed by atoms with Crippen LogP contribution in [0.15, 0.2) is 36.7 Å². The second-order valence-electron chi connectivity index (χ2n) is 3.20. The first-order valence-corrected chi connectivity index (χ1v) is 4.75. The third-order valence-corrected chi connectivity index (χ3v) is 2.67. The molecule has 0 aliphatic heterocycles. The van der Waals surface area contributed by atoms with Gasteiger partial charge in [0.2, 0.25) is 0 Å². The second-order valence-corrected chi connectivity index (χ2v) is 3.56. The van der Waals surface area contributed by atoms with Crippen molar-refractivity contribution in [2.24, 2.45) is 0 Å². The van der Waals surface area contributed by atoms with Crippen LogP contribution < -0.4 is 0 Å². The number of fused-ring (bicyclic) bond motifs is 3. The molecule has 2 aromatic heterocycles. The number of hydrogen-bond acceptors (Lipinski definition) is 1. The van der Waals surface area contributed by atoms with E-state index in [-0.39, 0.29) is 0 Å². The van der Waals surface area contributed by atoms with Gasteiger partial charge in [-0.25, -0.2) is 4.98 Å². The lowest BCUT2D eigenvalue weighted by Crippen LogP contribution is -1.80. The number of hydrogen-bond donors (Lipinski definition) is 1. The predicted octanol–water partition coefficient (Wildman–Crippen LogP) is 3.37. The number of nitrogens with one attached hydrogen (secondary N) is 1. The highest BCUT2D eigenvalue weighted by atomic mass is 35.5. The summed E-state index contributed by atoms with van der Waals surface area (Å²) in [6.45, 7) is 0. The molecule has 2 heterocycles. The number of pyridine rings is 1. The fraction of sp³-hybridized carbons (Fsp3) is 0. The normalized spacial score (nSPS) is 11.2. The van der Waals surface area contributed by atoms with E-state index in [0.717, 1.165) is 21.7 Å². The van der Waals surface area contributed by atoms with E-state index in [1.165, 1.54) is 0 Å². The molecule has 0 amide bonds. The lowest BCUT2D eigenvalue weighted by molar-refractivity contribution is 1.42. The number of halogens is 1. The fourth-order valence-corrected chi connectivity index (χ4v) is 1.97. The molecule has 68 valence electrons. The summed E-state index contributed by atoms with van der Waals surface area (Å²) in [4.78, 5) is 7.37. The van der Waals surface area contributed by atoms with E-state index >= 15 is 0 Å². The van der Waals surface area contributed by atoms with Crippen molar-refractivity contribution in [1.29, 1.82) is 0 Å². The maximum absolute atomic E-state index is 6.05. The average Bonchev–Trinajstić information content (AvgIpc) is 2.67. The fourth-order valence-electron chi connectivity index (χ4n) is 1.72. The number of rotatable bonds is 0. The Hall–Kier alpha value is -1.54. The van der Waals surface area contributed by atoms with Gasteiger partial charge in [-0.3, -0.25) is 0 Å². The molecule has 0 spiro atoms. The molecular formula is C11H7ClN2. The number of nitrogens with zero attached hydrogens (tertiary/aromatic N) is 1. The molecule has 0 atom stereocenters. The molecule has 1 aromatic carbocycles. The minimum atomic E-state index is 0.556. The van der Waals surface area contributed by atoms with Crippen LogP contribution in [0.4, 0.5) is 0 Å². The molecule has 0 aliphatic carbocycles. The zero-order valence-electron chi connectivity index (χ0n) is 7.29. The minimum Gasteiger partial charge on any atom is -0.366 e.